The van der Waals surface area contributed by atoms with Crippen molar-refractivity contribution >= 4 is 12.2 Å². The van der Waals surface area contributed by atoms with E-state index in [-0.39, 0.29) is 5.97 Å². The highest BCUT2D eigenvalue weighted by molar-refractivity contribution is 5.85. The molecule has 0 aromatic heterocycles. The number of carbonyl (C=O) groups is 1. The van der Waals surface area contributed by atoms with Gasteiger partial charge in [0, 0.05) is 12.0 Å². The molecule has 0 unspecified atom stereocenters. The van der Waals surface area contributed by atoms with Gasteiger partial charge >= 0.3 is 5.97 Å². The Kier molecular flexibility index (Phi) is 4.34. The maximum Gasteiger partial charge on any atom is 0.310 e. The SMILES string of the molecule is CCC(=O)Oc1ccccc1C=NOC. The van der Waals surface area contributed by atoms with Gasteiger partial charge in [-0.3, -0.25) is 4.79 Å². The fourth-order valence-electron chi connectivity index (χ4n) is 0.984. The monoisotopic (exact) mass is 207 g/mol. The summed E-state index contributed by atoms with van der Waals surface area (Å²) in [6.45, 7) is 1.74. The van der Waals surface area contributed by atoms with Crippen LogP contribution in [0.25, 0.3) is 0 Å². The van der Waals surface area contributed by atoms with E-state index in [1.807, 2.05) is 6.07 Å². The number of hydrogen-bond donors (Lipinski definition) is 0. The Balaban J connectivity index is 2.86. The van der Waals surface area contributed by atoms with Crippen molar-refractivity contribution in [3.8, 4) is 5.75 Å². The molecule has 0 aliphatic rings. The van der Waals surface area contributed by atoms with Gasteiger partial charge < -0.3 is 9.57 Å². The Morgan fingerprint density at radius 1 is 1.47 bits per heavy atom. The van der Waals surface area contributed by atoms with Crippen LogP contribution in [0.1, 0.15) is 18.9 Å². The molecule has 0 aliphatic carbocycles. The summed E-state index contributed by atoms with van der Waals surface area (Å²) in [5.41, 5.74) is 0.709. The molecule has 1 aromatic rings. The minimum absolute atomic E-state index is 0.270. The van der Waals surface area contributed by atoms with Crippen molar-refractivity contribution in [1.29, 1.82) is 0 Å². The van der Waals surface area contributed by atoms with Crippen LogP contribution < -0.4 is 4.74 Å². The van der Waals surface area contributed by atoms with Crippen LogP contribution in [0.2, 0.25) is 0 Å². The van der Waals surface area contributed by atoms with Gasteiger partial charge in [-0.1, -0.05) is 24.2 Å². The average Bonchev–Trinajstić information content (AvgIpc) is 2.28. The van der Waals surface area contributed by atoms with Gasteiger partial charge in [-0.15, -0.1) is 0 Å². The molecule has 1 rings (SSSR count). The highest BCUT2D eigenvalue weighted by Crippen LogP contribution is 2.16. The van der Waals surface area contributed by atoms with Crippen LogP contribution in [-0.2, 0) is 9.63 Å². The summed E-state index contributed by atoms with van der Waals surface area (Å²) in [6, 6.07) is 7.13. The molecule has 0 aliphatic heterocycles. The van der Waals surface area contributed by atoms with Gasteiger partial charge in [0.2, 0.25) is 0 Å². The molecule has 0 fully saturated rings. The molecule has 0 radical (unpaired) electrons. The van der Waals surface area contributed by atoms with Crippen LogP contribution >= 0.6 is 0 Å². The lowest BCUT2D eigenvalue weighted by Crippen LogP contribution is -2.07. The number of nitrogens with zero attached hydrogens (tertiary/aromatic N) is 1. The van der Waals surface area contributed by atoms with Gasteiger partial charge in [-0.25, -0.2) is 0 Å². The van der Waals surface area contributed by atoms with E-state index in [9.17, 15) is 4.79 Å². The molecule has 1 aromatic carbocycles. The van der Waals surface area contributed by atoms with Crippen LogP contribution in [0.3, 0.4) is 0 Å². The minimum atomic E-state index is -0.270. The Labute approximate surface area is 88.5 Å². The number of oxime groups is 1. The average molecular weight is 207 g/mol. The molecule has 4 nitrogen and oxygen atoms in total. The highest BCUT2D eigenvalue weighted by Gasteiger charge is 2.05. The van der Waals surface area contributed by atoms with E-state index in [4.69, 9.17) is 4.74 Å². The first kappa shape index (κ1) is 11.2. The van der Waals surface area contributed by atoms with Crippen LogP contribution in [0.4, 0.5) is 0 Å². The molecule has 0 saturated heterocycles. The quantitative estimate of drug-likeness (QED) is 0.328. The largest absolute Gasteiger partial charge is 0.426 e. The van der Waals surface area contributed by atoms with Gasteiger partial charge in [0.1, 0.15) is 12.9 Å². The number of para-hydroxylation sites is 1. The Morgan fingerprint density at radius 2 is 2.20 bits per heavy atom. The summed E-state index contributed by atoms with van der Waals surface area (Å²) < 4.78 is 5.11. The fourth-order valence-corrected chi connectivity index (χ4v) is 0.984. The van der Waals surface area contributed by atoms with Crippen molar-refractivity contribution < 1.29 is 14.4 Å². The molecular weight excluding hydrogens is 194 g/mol. The van der Waals surface area contributed by atoms with Gasteiger partial charge in [0.15, 0.2) is 0 Å². The van der Waals surface area contributed by atoms with E-state index >= 15 is 0 Å². The second-order valence-corrected chi connectivity index (χ2v) is 2.78. The number of benzene rings is 1. The predicted octanol–water partition coefficient (Wildman–Crippen LogP) is 1.98. The van der Waals surface area contributed by atoms with E-state index in [0.717, 1.165) is 0 Å². The van der Waals surface area contributed by atoms with Crippen LogP contribution in [0, 0.1) is 0 Å². The third-order valence-corrected chi connectivity index (χ3v) is 1.73. The lowest BCUT2D eigenvalue weighted by atomic mass is 10.2. The first-order valence-electron chi connectivity index (χ1n) is 4.64. The van der Waals surface area contributed by atoms with Crippen molar-refractivity contribution in [3.63, 3.8) is 0 Å². The summed E-state index contributed by atoms with van der Waals surface area (Å²) in [6.07, 6.45) is 1.84. The van der Waals surface area contributed by atoms with Crippen molar-refractivity contribution in [2.75, 3.05) is 7.11 Å². The topological polar surface area (TPSA) is 47.9 Å². The second-order valence-electron chi connectivity index (χ2n) is 2.78. The highest BCUT2D eigenvalue weighted by atomic mass is 16.6. The van der Waals surface area contributed by atoms with Crippen molar-refractivity contribution in [2.24, 2.45) is 5.16 Å². The fraction of sp³-hybridized carbons (Fsp3) is 0.273. The molecule has 0 atom stereocenters. The first-order chi connectivity index (χ1) is 7.27. The molecule has 0 amide bonds. The summed E-state index contributed by atoms with van der Waals surface area (Å²) in [5.74, 6) is 0.221. The molecular formula is C11H13NO3. The number of esters is 1. The van der Waals surface area contributed by atoms with Crippen LogP contribution in [0.15, 0.2) is 29.4 Å². The van der Waals surface area contributed by atoms with Gasteiger partial charge in [-0.05, 0) is 12.1 Å². The van der Waals surface area contributed by atoms with E-state index in [1.165, 1.54) is 13.3 Å². The zero-order chi connectivity index (χ0) is 11.1. The second kappa shape index (κ2) is 5.80. The van der Waals surface area contributed by atoms with Crippen LogP contribution in [0.5, 0.6) is 5.75 Å². The number of rotatable bonds is 4. The van der Waals surface area contributed by atoms with Crippen LogP contribution in [-0.4, -0.2) is 19.3 Å². The zero-order valence-corrected chi connectivity index (χ0v) is 8.77. The van der Waals surface area contributed by atoms with Crippen molar-refractivity contribution in [3.05, 3.63) is 29.8 Å². The summed E-state index contributed by atoms with van der Waals surface area (Å²) in [4.78, 5) is 15.7. The standard InChI is InChI=1S/C11H13NO3/c1-3-11(13)15-10-7-5-4-6-9(10)8-12-14-2/h4-8H,3H2,1-2H3. The minimum Gasteiger partial charge on any atom is -0.426 e. The third-order valence-electron chi connectivity index (χ3n) is 1.73. The Morgan fingerprint density at radius 3 is 2.87 bits per heavy atom. The third kappa shape index (κ3) is 3.42. The molecule has 0 saturated carbocycles. The molecule has 15 heavy (non-hydrogen) atoms. The van der Waals surface area contributed by atoms with E-state index in [1.54, 1.807) is 25.1 Å². The van der Waals surface area contributed by atoms with E-state index < -0.39 is 0 Å². The van der Waals surface area contributed by atoms with E-state index in [2.05, 4.69) is 9.99 Å². The smallest absolute Gasteiger partial charge is 0.310 e. The molecule has 0 heterocycles. The maximum atomic E-state index is 11.1. The van der Waals surface area contributed by atoms with E-state index in [0.29, 0.717) is 17.7 Å². The number of ether oxygens (including phenoxy) is 1. The lowest BCUT2D eigenvalue weighted by molar-refractivity contribution is -0.134. The summed E-state index contributed by atoms with van der Waals surface area (Å²) in [7, 11) is 1.46. The normalized spacial score (nSPS) is 10.3. The van der Waals surface area contributed by atoms with Crippen molar-refractivity contribution in [2.45, 2.75) is 13.3 Å². The van der Waals surface area contributed by atoms with Gasteiger partial charge in [0.25, 0.3) is 0 Å². The predicted molar refractivity (Wildman–Crippen MR) is 57.0 cm³/mol. The molecule has 0 bridgehead atoms. The summed E-state index contributed by atoms with van der Waals surface area (Å²) in [5, 5.41) is 3.62. The first-order valence-corrected chi connectivity index (χ1v) is 4.64. The zero-order valence-electron chi connectivity index (χ0n) is 8.77. The van der Waals surface area contributed by atoms with Crippen molar-refractivity contribution in [1.82, 2.24) is 0 Å². The summed E-state index contributed by atoms with van der Waals surface area (Å²) >= 11 is 0. The molecule has 4 heteroatoms. The Hall–Kier alpha value is -1.84. The van der Waals surface area contributed by atoms with Gasteiger partial charge in [0.05, 0.1) is 6.21 Å². The number of carbonyl (C=O) groups excluding carboxylic acids is 1. The number of hydrogen-bond acceptors (Lipinski definition) is 4. The van der Waals surface area contributed by atoms with Gasteiger partial charge in [-0.2, -0.15) is 0 Å². The lowest BCUT2D eigenvalue weighted by Gasteiger charge is -2.04. The molecule has 0 N–H and O–H groups in total. The molecule has 80 valence electrons. The maximum absolute atomic E-state index is 11.1. The Bertz CT molecular complexity index is 361. The molecule has 0 spiro atoms.